The van der Waals surface area contributed by atoms with Gasteiger partial charge in [0.05, 0.1) is 11.4 Å². The van der Waals surface area contributed by atoms with Gasteiger partial charge in [0.2, 0.25) is 0 Å². The van der Waals surface area contributed by atoms with Gasteiger partial charge in [-0.2, -0.15) is 0 Å². The van der Waals surface area contributed by atoms with Gasteiger partial charge >= 0.3 is 0 Å². The van der Waals surface area contributed by atoms with E-state index in [1.807, 2.05) is 144 Å². The largest absolute Gasteiger partial charge is 0.457 e. The number of benzene rings is 6. The molecule has 2 N–H and O–H groups in total. The van der Waals surface area contributed by atoms with Crippen molar-refractivity contribution in [3.63, 3.8) is 0 Å². The molecule has 2 heterocycles. The monoisotopic (exact) mass is 754 g/mol. The van der Waals surface area contributed by atoms with E-state index >= 15 is 0 Å². The second-order valence-corrected chi connectivity index (χ2v) is 14.6. The van der Waals surface area contributed by atoms with E-state index in [1.165, 1.54) is 33.8 Å². The van der Waals surface area contributed by atoms with Crippen LogP contribution in [0.1, 0.15) is 43.0 Å². The Bertz CT molecular complexity index is 2340. The molecular weight excluding hydrogens is 721 g/mol. The maximum Gasteiger partial charge on any atom is 0.257 e. The van der Waals surface area contributed by atoms with Crippen molar-refractivity contribution in [2.24, 2.45) is 0 Å². The summed E-state index contributed by atoms with van der Waals surface area (Å²) in [6.45, 7) is 0. The molecule has 0 aliphatic heterocycles. The third kappa shape index (κ3) is 9.10. The van der Waals surface area contributed by atoms with E-state index in [-0.39, 0.29) is 11.8 Å². The summed E-state index contributed by atoms with van der Waals surface area (Å²) in [5.41, 5.74) is 9.29. The van der Waals surface area contributed by atoms with E-state index in [9.17, 15) is 9.59 Å². The molecule has 6 aromatic carbocycles. The predicted molar refractivity (Wildman–Crippen MR) is 222 cm³/mol. The predicted octanol–water partition coefficient (Wildman–Crippen LogP) is 11.4. The Morgan fingerprint density at radius 2 is 0.818 bits per heavy atom. The number of thiazole rings is 2. The normalized spacial score (nSPS) is 10.8. The summed E-state index contributed by atoms with van der Waals surface area (Å²) in [4.78, 5) is 35.1. The lowest BCUT2D eigenvalue weighted by molar-refractivity contribution is 0.101. The molecule has 2 amide bonds. The van der Waals surface area contributed by atoms with Crippen molar-refractivity contribution >= 4 is 44.8 Å². The van der Waals surface area contributed by atoms with Crippen molar-refractivity contribution in [2.45, 2.75) is 12.8 Å². The van der Waals surface area contributed by atoms with Gasteiger partial charge in [0.25, 0.3) is 11.8 Å². The molecule has 0 radical (unpaired) electrons. The average Bonchev–Trinajstić information content (AvgIpc) is 3.90. The Morgan fingerprint density at radius 1 is 0.455 bits per heavy atom. The molecule has 0 unspecified atom stereocenters. The van der Waals surface area contributed by atoms with Crippen LogP contribution in [0, 0.1) is 0 Å². The summed E-state index contributed by atoms with van der Waals surface area (Å²) in [7, 11) is 0. The summed E-state index contributed by atoms with van der Waals surface area (Å²) in [6, 6.07) is 51.2. The fourth-order valence-corrected chi connectivity index (χ4v) is 7.43. The third-order valence-electron chi connectivity index (χ3n) is 8.92. The highest BCUT2D eigenvalue weighted by molar-refractivity contribution is 7.14. The summed E-state index contributed by atoms with van der Waals surface area (Å²) in [5, 5.41) is 10.8. The molecule has 8 aromatic rings. The molecule has 0 spiro atoms. The van der Waals surface area contributed by atoms with E-state index in [2.05, 4.69) is 44.9 Å². The van der Waals surface area contributed by atoms with Crippen LogP contribution in [-0.2, 0) is 12.8 Å². The third-order valence-corrected chi connectivity index (χ3v) is 10.4. The lowest BCUT2D eigenvalue weighted by Crippen LogP contribution is -2.11. The van der Waals surface area contributed by atoms with Gasteiger partial charge in [0.1, 0.15) is 11.5 Å². The quantitative estimate of drug-likeness (QED) is 0.130. The average molecular weight is 755 g/mol. The Labute approximate surface area is 327 Å². The highest BCUT2D eigenvalue weighted by Crippen LogP contribution is 2.31. The maximum atomic E-state index is 12.9. The van der Waals surface area contributed by atoms with Crippen LogP contribution >= 0.6 is 22.7 Å². The van der Waals surface area contributed by atoms with Crippen LogP contribution in [0.5, 0.6) is 11.5 Å². The zero-order chi connectivity index (χ0) is 37.4. The molecule has 0 saturated heterocycles. The molecule has 55 heavy (non-hydrogen) atoms. The van der Waals surface area contributed by atoms with Crippen molar-refractivity contribution < 1.29 is 14.3 Å². The van der Waals surface area contributed by atoms with Crippen LogP contribution in [0.15, 0.2) is 168 Å². The number of anilines is 2. The number of carbonyl (C=O) groups is 2. The first-order valence-corrected chi connectivity index (χ1v) is 19.4. The van der Waals surface area contributed by atoms with Gasteiger partial charge in [-0.15, -0.1) is 22.7 Å². The van der Waals surface area contributed by atoms with Gasteiger partial charge in [-0.05, 0) is 108 Å². The van der Waals surface area contributed by atoms with Gasteiger partial charge in [-0.1, -0.05) is 84.9 Å². The molecule has 0 saturated carbocycles. The second kappa shape index (κ2) is 16.6. The number of rotatable bonds is 12. The second-order valence-electron chi connectivity index (χ2n) is 12.9. The number of nitrogens with one attached hydrogen (secondary N) is 2. The molecule has 2 aromatic heterocycles. The van der Waals surface area contributed by atoms with Crippen molar-refractivity contribution in [1.29, 1.82) is 0 Å². The molecule has 7 nitrogen and oxygen atoms in total. The van der Waals surface area contributed by atoms with Crippen molar-refractivity contribution in [2.75, 3.05) is 10.6 Å². The molecule has 0 fully saturated rings. The number of hydrogen-bond donors (Lipinski definition) is 2. The fraction of sp³-hybridized carbons (Fsp3) is 0.0435. The molecule has 8 rings (SSSR count). The van der Waals surface area contributed by atoms with Crippen LogP contribution in [-0.4, -0.2) is 21.8 Å². The maximum absolute atomic E-state index is 12.9. The minimum absolute atomic E-state index is 0.194. The van der Waals surface area contributed by atoms with Crippen LogP contribution in [0.25, 0.3) is 22.5 Å². The summed E-state index contributed by atoms with van der Waals surface area (Å²) < 4.78 is 6.11. The fourth-order valence-electron chi connectivity index (χ4n) is 6.00. The molecular formula is C46H34N4O3S2. The van der Waals surface area contributed by atoms with Gasteiger partial charge in [-0.25, -0.2) is 9.97 Å². The Hall–Kier alpha value is -6.68. The van der Waals surface area contributed by atoms with Crippen LogP contribution in [0.4, 0.5) is 10.3 Å². The smallest absolute Gasteiger partial charge is 0.257 e. The topological polar surface area (TPSA) is 93.2 Å². The van der Waals surface area contributed by atoms with Gasteiger partial charge < -0.3 is 4.74 Å². The lowest BCUT2D eigenvalue weighted by Gasteiger charge is -2.07. The van der Waals surface area contributed by atoms with Gasteiger partial charge in [0.15, 0.2) is 10.3 Å². The Morgan fingerprint density at radius 3 is 1.20 bits per heavy atom. The summed E-state index contributed by atoms with van der Waals surface area (Å²) in [5.74, 6) is 0.978. The molecule has 0 aliphatic rings. The highest BCUT2D eigenvalue weighted by Gasteiger charge is 2.13. The zero-order valence-electron chi connectivity index (χ0n) is 29.5. The number of nitrogens with zero attached hydrogens (tertiary/aromatic N) is 2. The summed E-state index contributed by atoms with van der Waals surface area (Å²) >= 11 is 2.77. The van der Waals surface area contributed by atoms with Crippen LogP contribution < -0.4 is 15.4 Å². The van der Waals surface area contributed by atoms with Crippen molar-refractivity contribution in [3.05, 3.63) is 202 Å². The Balaban J connectivity index is 0.822. The number of hydrogen-bond acceptors (Lipinski definition) is 7. The first-order chi connectivity index (χ1) is 27.0. The van der Waals surface area contributed by atoms with Crippen molar-refractivity contribution in [1.82, 2.24) is 9.97 Å². The molecule has 268 valence electrons. The molecule has 9 heteroatoms. The SMILES string of the molecule is O=C(Nc1nc(-c2ccc(Oc3ccc(-c4csc(NC(=O)c5ccc(Cc6ccccc6)cc5)n4)cc3)cc2)cs1)c1ccc(Cc2ccccc2)cc1. The lowest BCUT2D eigenvalue weighted by atomic mass is 10.0. The standard InChI is InChI=1S/C46H34N4O3S2/c51-43(37-15-11-33(12-16-37)27-31-7-3-1-4-8-31)49-45-47-41(29-54-45)35-19-23-39(24-20-35)53-40-25-21-36(22-26-40)42-30-55-46(48-42)50-44(52)38-17-13-34(14-18-38)28-32-9-5-2-6-10-32/h1-26,29-30H,27-28H2,(H,47,49,51)(H,48,50,52). The molecule has 0 bridgehead atoms. The van der Waals surface area contributed by atoms with E-state index in [0.29, 0.717) is 32.9 Å². The minimum atomic E-state index is -0.194. The van der Waals surface area contributed by atoms with E-state index in [0.717, 1.165) is 46.5 Å². The highest BCUT2D eigenvalue weighted by atomic mass is 32.1. The molecule has 0 atom stereocenters. The van der Waals surface area contributed by atoms with E-state index in [4.69, 9.17) is 4.74 Å². The zero-order valence-corrected chi connectivity index (χ0v) is 31.1. The van der Waals surface area contributed by atoms with Gasteiger partial charge in [-0.3, -0.25) is 20.2 Å². The number of carbonyl (C=O) groups excluding carboxylic acids is 2. The van der Waals surface area contributed by atoms with Gasteiger partial charge in [0, 0.05) is 33.0 Å². The first kappa shape index (κ1) is 35.4. The minimum Gasteiger partial charge on any atom is -0.457 e. The van der Waals surface area contributed by atoms with E-state index in [1.54, 1.807) is 0 Å². The van der Waals surface area contributed by atoms with E-state index < -0.39 is 0 Å². The van der Waals surface area contributed by atoms with Crippen LogP contribution in [0.2, 0.25) is 0 Å². The number of ether oxygens (including phenoxy) is 1. The first-order valence-electron chi connectivity index (χ1n) is 17.7. The van der Waals surface area contributed by atoms with Crippen LogP contribution in [0.3, 0.4) is 0 Å². The number of amides is 2. The molecule has 0 aliphatic carbocycles. The Kier molecular flexibility index (Phi) is 10.6. The number of aromatic nitrogens is 2. The summed E-state index contributed by atoms with van der Waals surface area (Å²) in [6.07, 6.45) is 1.64. The van der Waals surface area contributed by atoms with Crippen molar-refractivity contribution in [3.8, 4) is 34.0 Å².